The van der Waals surface area contributed by atoms with Gasteiger partial charge in [0.2, 0.25) is 5.92 Å². The van der Waals surface area contributed by atoms with E-state index in [-0.39, 0.29) is 25.9 Å². The van der Waals surface area contributed by atoms with Gasteiger partial charge in [-0.3, -0.25) is 14.3 Å². The van der Waals surface area contributed by atoms with E-state index in [0.29, 0.717) is 0 Å². The van der Waals surface area contributed by atoms with Crippen molar-refractivity contribution in [2.24, 2.45) is 0 Å². The number of carbonyl (C=O) groups excluding carboxylic acids is 2. The molecule has 1 aliphatic rings. The molecule has 0 unspecified atom stereocenters. The number of alkyl halides is 2. The molecule has 1 aromatic carbocycles. The van der Waals surface area contributed by atoms with Gasteiger partial charge in [-0.1, -0.05) is 43.7 Å². The highest BCUT2D eigenvalue weighted by atomic mass is 19.3. The molecule has 0 radical (unpaired) electrons. The summed E-state index contributed by atoms with van der Waals surface area (Å²) in [6, 6.07) is 8.93. The number of hydrogen-bond donors (Lipinski definition) is 2. The van der Waals surface area contributed by atoms with Gasteiger partial charge in [0.15, 0.2) is 0 Å². The van der Waals surface area contributed by atoms with Gasteiger partial charge in [-0.05, 0) is 18.9 Å². The number of benzene rings is 1. The third-order valence-electron chi connectivity index (χ3n) is 5.60. The molecule has 0 saturated heterocycles. The van der Waals surface area contributed by atoms with Crippen LogP contribution in [-0.2, 0) is 28.1 Å². The fourth-order valence-electron chi connectivity index (χ4n) is 3.91. The molecule has 0 atom stereocenters. The zero-order valence-corrected chi connectivity index (χ0v) is 17.4. The van der Waals surface area contributed by atoms with Gasteiger partial charge in [0.1, 0.15) is 0 Å². The molecule has 2 N–H and O–H groups in total. The largest absolute Gasteiger partial charge is 0.347 e. The first-order valence-electron chi connectivity index (χ1n) is 10.3. The summed E-state index contributed by atoms with van der Waals surface area (Å²) in [5.74, 6) is -4.36. The quantitative estimate of drug-likeness (QED) is 0.647. The fourth-order valence-corrected chi connectivity index (χ4v) is 3.91. The van der Waals surface area contributed by atoms with Gasteiger partial charge in [0.25, 0.3) is 0 Å². The van der Waals surface area contributed by atoms with Gasteiger partial charge in [0, 0.05) is 49.7 Å². The molecule has 2 aromatic rings. The van der Waals surface area contributed by atoms with Crippen molar-refractivity contribution in [3.8, 4) is 0 Å². The molecule has 1 aliphatic carbocycles. The lowest BCUT2D eigenvalue weighted by Gasteiger charge is -2.47. The smallest absolute Gasteiger partial charge is 0.309 e. The Kier molecular flexibility index (Phi) is 6.53. The Balaban J connectivity index is 1.54. The number of nitrogens with one attached hydrogen (secondary N) is 2. The van der Waals surface area contributed by atoms with Crippen molar-refractivity contribution in [3.63, 3.8) is 0 Å². The summed E-state index contributed by atoms with van der Waals surface area (Å²) in [4.78, 5) is 24.4. The third kappa shape index (κ3) is 5.04. The highest BCUT2D eigenvalue weighted by molar-refractivity contribution is 6.35. The van der Waals surface area contributed by atoms with Crippen LogP contribution in [0.15, 0.2) is 36.5 Å². The molecule has 0 aliphatic heterocycles. The first kappa shape index (κ1) is 21.9. The summed E-state index contributed by atoms with van der Waals surface area (Å²) in [5, 5.41) is 9.52. The number of amides is 2. The second kappa shape index (κ2) is 8.93. The van der Waals surface area contributed by atoms with Crippen LogP contribution in [-0.4, -0.2) is 34.1 Å². The van der Waals surface area contributed by atoms with E-state index in [1.807, 2.05) is 23.9 Å². The molecule has 0 bridgehead atoms. The van der Waals surface area contributed by atoms with Crippen molar-refractivity contribution in [2.45, 2.75) is 64.0 Å². The second-order valence-electron chi connectivity index (χ2n) is 8.08. The molecule has 1 fully saturated rings. The van der Waals surface area contributed by atoms with Crippen LogP contribution >= 0.6 is 0 Å². The summed E-state index contributed by atoms with van der Waals surface area (Å²) in [6.45, 7) is 4.93. The van der Waals surface area contributed by atoms with E-state index in [9.17, 15) is 18.4 Å². The van der Waals surface area contributed by atoms with Crippen LogP contribution in [0, 0.1) is 6.92 Å². The van der Waals surface area contributed by atoms with E-state index in [1.165, 1.54) is 0 Å². The Morgan fingerprint density at radius 3 is 2.43 bits per heavy atom. The minimum absolute atomic E-state index is 0.00711. The molecular formula is C22H28F2N4O2. The molecule has 2 amide bonds. The number of nitrogens with zero attached hydrogens (tertiary/aromatic N) is 2. The number of unbranched alkanes of at least 4 members (excludes halogenated alkanes) is 1. The lowest BCUT2D eigenvalue weighted by atomic mass is 9.62. The summed E-state index contributed by atoms with van der Waals surface area (Å²) < 4.78 is 29.1. The van der Waals surface area contributed by atoms with Gasteiger partial charge in [-0.15, -0.1) is 0 Å². The average Bonchev–Trinajstić information content (AvgIpc) is 3.06. The minimum atomic E-state index is -2.75. The van der Waals surface area contributed by atoms with Gasteiger partial charge in [-0.2, -0.15) is 5.10 Å². The van der Waals surface area contributed by atoms with E-state index in [1.54, 1.807) is 24.3 Å². The topological polar surface area (TPSA) is 76.0 Å². The Labute approximate surface area is 175 Å². The van der Waals surface area contributed by atoms with E-state index in [4.69, 9.17) is 0 Å². The summed E-state index contributed by atoms with van der Waals surface area (Å²) in [6.07, 6.45) is 3.24. The van der Waals surface area contributed by atoms with Crippen molar-refractivity contribution >= 4 is 11.8 Å². The van der Waals surface area contributed by atoms with Crippen molar-refractivity contribution < 1.29 is 18.4 Å². The zero-order valence-electron chi connectivity index (χ0n) is 17.4. The maximum absolute atomic E-state index is 13.6. The standard InChI is InChI=1S/C22H28F2N4O2/c1-3-4-10-28-12-17(16(2)27-28)11-25-19(29)20(30)26-15-21(13-22(23,24)14-21)18-8-6-5-7-9-18/h5-9,12H,3-4,10-11,13-15H2,1-2H3,(H,25,29)(H,26,30). The van der Waals surface area contributed by atoms with Gasteiger partial charge in [0.05, 0.1) is 5.69 Å². The van der Waals surface area contributed by atoms with Crippen LogP contribution in [0.1, 0.15) is 49.4 Å². The highest BCUT2D eigenvalue weighted by Gasteiger charge is 2.57. The number of aromatic nitrogens is 2. The molecule has 1 heterocycles. The number of rotatable bonds is 8. The van der Waals surface area contributed by atoms with Gasteiger partial charge >= 0.3 is 11.8 Å². The Morgan fingerprint density at radius 2 is 1.80 bits per heavy atom. The maximum atomic E-state index is 13.6. The van der Waals surface area contributed by atoms with Crippen LogP contribution < -0.4 is 10.6 Å². The highest BCUT2D eigenvalue weighted by Crippen LogP contribution is 2.53. The molecule has 3 rings (SSSR count). The maximum Gasteiger partial charge on any atom is 0.309 e. The van der Waals surface area contributed by atoms with Crippen molar-refractivity contribution in [3.05, 3.63) is 53.3 Å². The predicted octanol–water partition coefficient (Wildman–Crippen LogP) is 3.09. The minimum Gasteiger partial charge on any atom is -0.347 e. The Bertz CT molecular complexity index is 888. The lowest BCUT2D eigenvalue weighted by molar-refractivity contribution is -0.142. The zero-order chi connectivity index (χ0) is 21.8. The average molecular weight is 418 g/mol. The van der Waals surface area contributed by atoms with Crippen LogP contribution in [0.2, 0.25) is 0 Å². The Morgan fingerprint density at radius 1 is 1.13 bits per heavy atom. The second-order valence-corrected chi connectivity index (χ2v) is 8.08. The van der Waals surface area contributed by atoms with E-state index >= 15 is 0 Å². The molecule has 8 heteroatoms. The number of carbonyl (C=O) groups is 2. The van der Waals surface area contributed by atoms with E-state index in [0.717, 1.165) is 36.2 Å². The molecule has 162 valence electrons. The normalized spacial score (nSPS) is 16.5. The molecular weight excluding hydrogens is 390 g/mol. The monoisotopic (exact) mass is 418 g/mol. The number of aryl methyl sites for hydroxylation is 2. The van der Waals surface area contributed by atoms with Crippen LogP contribution in [0.25, 0.3) is 0 Å². The lowest BCUT2D eigenvalue weighted by Crippen LogP contribution is -2.56. The molecule has 0 spiro atoms. The van der Waals surface area contributed by atoms with E-state index in [2.05, 4.69) is 22.7 Å². The summed E-state index contributed by atoms with van der Waals surface area (Å²) >= 11 is 0. The first-order chi connectivity index (χ1) is 14.2. The van der Waals surface area contributed by atoms with Gasteiger partial charge in [-0.25, -0.2) is 8.78 Å². The van der Waals surface area contributed by atoms with Crippen LogP contribution in [0.5, 0.6) is 0 Å². The molecule has 30 heavy (non-hydrogen) atoms. The summed E-state index contributed by atoms with van der Waals surface area (Å²) in [5.41, 5.74) is 1.53. The fraction of sp³-hybridized carbons (Fsp3) is 0.500. The van der Waals surface area contributed by atoms with Crippen molar-refractivity contribution in [2.75, 3.05) is 6.54 Å². The molecule has 1 aromatic heterocycles. The van der Waals surface area contributed by atoms with Crippen molar-refractivity contribution in [1.29, 1.82) is 0 Å². The number of halogens is 2. The predicted molar refractivity (Wildman–Crippen MR) is 109 cm³/mol. The number of hydrogen-bond acceptors (Lipinski definition) is 3. The molecule has 1 saturated carbocycles. The first-order valence-corrected chi connectivity index (χ1v) is 10.3. The SMILES string of the molecule is CCCCn1cc(CNC(=O)C(=O)NCC2(c3ccccc3)CC(F)(F)C2)c(C)n1. The van der Waals surface area contributed by atoms with Crippen molar-refractivity contribution in [1.82, 2.24) is 20.4 Å². The van der Waals surface area contributed by atoms with Crippen LogP contribution in [0.4, 0.5) is 8.78 Å². The van der Waals surface area contributed by atoms with Crippen LogP contribution in [0.3, 0.4) is 0 Å². The van der Waals surface area contributed by atoms with E-state index < -0.39 is 23.2 Å². The summed E-state index contributed by atoms with van der Waals surface area (Å²) in [7, 11) is 0. The van der Waals surface area contributed by atoms with Gasteiger partial charge < -0.3 is 10.6 Å². The molecule has 6 nitrogen and oxygen atoms in total. The Hall–Kier alpha value is -2.77. The third-order valence-corrected chi connectivity index (χ3v) is 5.60.